The first-order valence-electron chi connectivity index (χ1n) is 7.83. The van der Waals surface area contributed by atoms with Crippen LogP contribution in [0.15, 0.2) is 22.8 Å². The van der Waals surface area contributed by atoms with Crippen molar-refractivity contribution < 1.29 is 9.15 Å². The third kappa shape index (κ3) is 5.27. The van der Waals surface area contributed by atoms with E-state index >= 15 is 0 Å². The summed E-state index contributed by atoms with van der Waals surface area (Å²) in [7, 11) is 0. The highest BCUT2D eigenvalue weighted by Crippen LogP contribution is 2.12. The number of nitrogens with zero attached hydrogens (tertiary/aromatic N) is 1. The summed E-state index contributed by atoms with van der Waals surface area (Å²) in [4.78, 5) is 2.56. The van der Waals surface area contributed by atoms with Crippen LogP contribution >= 0.6 is 0 Å². The fraction of sp³-hybridized carbons (Fsp3) is 0.750. The molecule has 1 saturated heterocycles. The first kappa shape index (κ1) is 15.5. The molecule has 1 aliphatic rings. The molecule has 1 aromatic heterocycles. The van der Waals surface area contributed by atoms with Gasteiger partial charge in [0.2, 0.25) is 0 Å². The molecule has 1 fully saturated rings. The number of hydrogen-bond donors (Lipinski definition) is 1. The summed E-state index contributed by atoms with van der Waals surface area (Å²) in [6, 6.07) is 5.21. The second-order valence-corrected chi connectivity index (χ2v) is 5.84. The molecule has 0 aromatic carbocycles. The van der Waals surface area contributed by atoms with Gasteiger partial charge in [0.25, 0.3) is 0 Å². The maximum Gasteiger partial charge on any atom is 0.129 e. The van der Waals surface area contributed by atoms with Gasteiger partial charge in [0.1, 0.15) is 12.4 Å². The summed E-state index contributed by atoms with van der Waals surface area (Å²) < 4.78 is 10.8. The number of rotatable bonds is 8. The Bertz CT molecular complexity index is 343. The Kier molecular flexibility index (Phi) is 6.57. The molecule has 0 unspecified atom stereocenters. The zero-order valence-electron chi connectivity index (χ0n) is 12.8. The van der Waals surface area contributed by atoms with Crippen molar-refractivity contribution in [3.8, 4) is 0 Å². The van der Waals surface area contributed by atoms with E-state index in [9.17, 15) is 0 Å². The van der Waals surface area contributed by atoms with E-state index in [0.29, 0.717) is 18.7 Å². The van der Waals surface area contributed by atoms with Crippen LogP contribution in [-0.4, -0.2) is 43.2 Å². The minimum Gasteiger partial charge on any atom is -0.467 e. The summed E-state index contributed by atoms with van der Waals surface area (Å²) >= 11 is 0. The van der Waals surface area contributed by atoms with Crippen LogP contribution in [0.5, 0.6) is 0 Å². The summed E-state index contributed by atoms with van der Waals surface area (Å²) in [5.41, 5.74) is 0. The standard InChI is InChI=1S/C16H28N2O2/c1-14(2)18-9-6-15(7-10-18)17-8-4-11-19-13-16-5-3-12-20-16/h3,5,12,14-15,17H,4,6-11,13H2,1-2H3. The maximum atomic E-state index is 5.57. The van der Waals surface area contributed by atoms with Crippen LogP contribution in [0.25, 0.3) is 0 Å². The molecule has 0 saturated carbocycles. The van der Waals surface area contributed by atoms with Crippen molar-refractivity contribution in [2.75, 3.05) is 26.2 Å². The van der Waals surface area contributed by atoms with Crippen LogP contribution in [0.1, 0.15) is 38.9 Å². The van der Waals surface area contributed by atoms with Crippen molar-refractivity contribution in [2.24, 2.45) is 0 Å². The van der Waals surface area contributed by atoms with Crippen molar-refractivity contribution in [1.82, 2.24) is 10.2 Å². The molecular formula is C16H28N2O2. The van der Waals surface area contributed by atoms with Gasteiger partial charge in [-0.2, -0.15) is 0 Å². The number of likely N-dealkylation sites (tertiary alicyclic amines) is 1. The fourth-order valence-electron chi connectivity index (χ4n) is 2.67. The molecule has 2 rings (SSSR count). The highest BCUT2D eigenvalue weighted by Gasteiger charge is 2.19. The van der Waals surface area contributed by atoms with E-state index in [-0.39, 0.29) is 0 Å². The third-order valence-electron chi connectivity index (χ3n) is 3.98. The van der Waals surface area contributed by atoms with Gasteiger partial charge in [0, 0.05) is 18.7 Å². The highest BCUT2D eigenvalue weighted by atomic mass is 16.5. The van der Waals surface area contributed by atoms with Crippen molar-refractivity contribution in [3.63, 3.8) is 0 Å². The second kappa shape index (κ2) is 8.45. The van der Waals surface area contributed by atoms with Gasteiger partial charge in [-0.3, -0.25) is 0 Å². The van der Waals surface area contributed by atoms with Crippen LogP contribution in [0, 0.1) is 0 Å². The fourth-order valence-corrected chi connectivity index (χ4v) is 2.67. The predicted octanol–water partition coefficient (Wildman–Crippen LogP) is 2.65. The molecule has 4 heteroatoms. The molecule has 1 N–H and O–H groups in total. The molecule has 0 spiro atoms. The quantitative estimate of drug-likeness (QED) is 0.743. The van der Waals surface area contributed by atoms with Crippen LogP contribution < -0.4 is 5.32 Å². The van der Waals surface area contributed by atoms with Crippen molar-refractivity contribution in [1.29, 1.82) is 0 Å². The topological polar surface area (TPSA) is 37.6 Å². The molecule has 0 amide bonds. The number of hydrogen-bond acceptors (Lipinski definition) is 4. The van der Waals surface area contributed by atoms with E-state index in [2.05, 4.69) is 24.1 Å². The largest absolute Gasteiger partial charge is 0.467 e. The predicted molar refractivity (Wildman–Crippen MR) is 80.7 cm³/mol. The second-order valence-electron chi connectivity index (χ2n) is 5.84. The van der Waals surface area contributed by atoms with E-state index in [4.69, 9.17) is 9.15 Å². The molecule has 0 atom stereocenters. The zero-order valence-corrected chi connectivity index (χ0v) is 12.8. The molecule has 1 aliphatic heterocycles. The molecule has 0 bridgehead atoms. The molecular weight excluding hydrogens is 252 g/mol. The first-order valence-corrected chi connectivity index (χ1v) is 7.83. The summed E-state index contributed by atoms with van der Waals surface area (Å²) in [6.07, 6.45) is 5.28. The average molecular weight is 280 g/mol. The SMILES string of the molecule is CC(C)N1CCC(NCCCOCc2ccco2)CC1. The molecule has 20 heavy (non-hydrogen) atoms. The van der Waals surface area contributed by atoms with Crippen molar-refractivity contribution in [2.45, 2.75) is 51.8 Å². The Morgan fingerprint density at radius 1 is 1.40 bits per heavy atom. The third-order valence-corrected chi connectivity index (χ3v) is 3.98. The Balaban J connectivity index is 1.46. The van der Waals surface area contributed by atoms with Gasteiger partial charge in [-0.1, -0.05) is 0 Å². The van der Waals surface area contributed by atoms with E-state index in [1.54, 1.807) is 6.26 Å². The Morgan fingerprint density at radius 2 is 2.20 bits per heavy atom. The lowest BCUT2D eigenvalue weighted by Gasteiger charge is -2.35. The van der Waals surface area contributed by atoms with Gasteiger partial charge < -0.3 is 19.4 Å². The van der Waals surface area contributed by atoms with Crippen LogP contribution in [0.4, 0.5) is 0 Å². The minimum atomic E-state index is 0.583. The average Bonchev–Trinajstić information content (AvgIpc) is 2.96. The van der Waals surface area contributed by atoms with Gasteiger partial charge >= 0.3 is 0 Å². The lowest BCUT2D eigenvalue weighted by molar-refractivity contribution is 0.102. The van der Waals surface area contributed by atoms with E-state index in [1.165, 1.54) is 25.9 Å². The van der Waals surface area contributed by atoms with Gasteiger partial charge in [-0.05, 0) is 64.9 Å². The number of nitrogens with one attached hydrogen (secondary N) is 1. The summed E-state index contributed by atoms with van der Waals surface area (Å²) in [5.74, 6) is 0.902. The molecule has 114 valence electrons. The van der Waals surface area contributed by atoms with Gasteiger partial charge in [-0.25, -0.2) is 0 Å². The summed E-state index contributed by atoms with van der Waals surface area (Å²) in [6.45, 7) is 9.44. The van der Waals surface area contributed by atoms with Crippen molar-refractivity contribution >= 4 is 0 Å². The van der Waals surface area contributed by atoms with E-state index < -0.39 is 0 Å². The van der Waals surface area contributed by atoms with Crippen LogP contribution in [-0.2, 0) is 11.3 Å². The summed E-state index contributed by atoms with van der Waals surface area (Å²) in [5, 5.41) is 3.64. The first-order chi connectivity index (χ1) is 9.75. The highest BCUT2D eigenvalue weighted by molar-refractivity contribution is 4.95. The van der Waals surface area contributed by atoms with E-state index in [1.807, 2.05) is 12.1 Å². The number of furan rings is 1. The monoisotopic (exact) mass is 280 g/mol. The van der Waals surface area contributed by atoms with Gasteiger partial charge in [0.05, 0.1) is 6.26 Å². The molecule has 2 heterocycles. The lowest BCUT2D eigenvalue weighted by atomic mass is 10.0. The molecule has 0 aliphatic carbocycles. The van der Waals surface area contributed by atoms with Crippen LogP contribution in [0.2, 0.25) is 0 Å². The Morgan fingerprint density at radius 3 is 2.85 bits per heavy atom. The maximum absolute atomic E-state index is 5.57. The van der Waals surface area contributed by atoms with E-state index in [0.717, 1.165) is 25.3 Å². The Hall–Kier alpha value is -0.840. The zero-order chi connectivity index (χ0) is 14.2. The molecule has 1 aromatic rings. The number of ether oxygens (including phenoxy) is 1. The lowest BCUT2D eigenvalue weighted by Crippen LogP contribution is -2.45. The van der Waals surface area contributed by atoms with Crippen LogP contribution in [0.3, 0.4) is 0 Å². The molecule has 0 radical (unpaired) electrons. The van der Waals surface area contributed by atoms with Gasteiger partial charge in [-0.15, -0.1) is 0 Å². The van der Waals surface area contributed by atoms with Gasteiger partial charge in [0.15, 0.2) is 0 Å². The Labute approximate surface area is 122 Å². The van der Waals surface area contributed by atoms with Crippen molar-refractivity contribution in [3.05, 3.63) is 24.2 Å². The normalized spacial score (nSPS) is 17.9. The molecule has 4 nitrogen and oxygen atoms in total. The number of piperidine rings is 1. The smallest absolute Gasteiger partial charge is 0.129 e. The minimum absolute atomic E-state index is 0.583.